The van der Waals surface area contributed by atoms with Crippen LogP contribution in [0.15, 0.2) is 395 Å². The third-order valence-electron chi connectivity index (χ3n) is 21.6. The lowest BCUT2D eigenvalue weighted by atomic mass is 9.82. The summed E-state index contributed by atoms with van der Waals surface area (Å²) in [7, 11) is 0. The van der Waals surface area contributed by atoms with Gasteiger partial charge in [0.1, 0.15) is 0 Å². The van der Waals surface area contributed by atoms with Gasteiger partial charge in [-0.15, -0.1) is 0 Å². The van der Waals surface area contributed by atoms with E-state index in [1.165, 1.54) is 43.8 Å². The van der Waals surface area contributed by atoms with Crippen LogP contribution in [-0.4, -0.2) is 59.8 Å². The van der Waals surface area contributed by atoms with Crippen molar-refractivity contribution in [3.05, 3.63) is 406 Å². The molecule has 0 bridgehead atoms. The molecule has 0 spiro atoms. The van der Waals surface area contributed by atoms with Gasteiger partial charge in [0.05, 0.1) is 22.8 Å². The van der Waals surface area contributed by atoms with Gasteiger partial charge in [-0.3, -0.25) is 0 Å². The summed E-state index contributed by atoms with van der Waals surface area (Å²) >= 11 is 14.0. The van der Waals surface area contributed by atoms with Gasteiger partial charge in [-0.1, -0.05) is 302 Å². The second kappa shape index (κ2) is 33.9. The molecular weight excluding hydrogens is 1750 g/mol. The molecule has 0 saturated carbocycles. The van der Waals surface area contributed by atoms with Crippen LogP contribution < -0.4 is 0 Å². The molecule has 0 aliphatic heterocycles. The Morgan fingerprint density at radius 2 is 0.529 bits per heavy atom. The van der Waals surface area contributed by atoms with Gasteiger partial charge in [0.2, 0.25) is 0 Å². The highest BCUT2D eigenvalue weighted by molar-refractivity contribution is 9.11. The summed E-state index contributed by atoms with van der Waals surface area (Å²) in [6, 6.07) is 121. The van der Waals surface area contributed by atoms with Crippen LogP contribution in [0.25, 0.3) is 190 Å². The second-order valence-corrected chi connectivity index (χ2v) is 33.3. The average Bonchev–Trinajstić information content (AvgIpc) is 1.59. The van der Waals surface area contributed by atoms with Crippen molar-refractivity contribution in [2.45, 2.75) is 19.3 Å². The molecular formula is C105H68Br4N12. The Kier molecular flexibility index (Phi) is 21.6. The topological polar surface area (TPSA) is 155 Å². The van der Waals surface area contributed by atoms with E-state index in [0.29, 0.717) is 45.9 Å². The summed E-state index contributed by atoms with van der Waals surface area (Å²) < 4.78 is 4.10. The van der Waals surface area contributed by atoms with Crippen molar-refractivity contribution in [3.8, 4) is 124 Å². The Balaban J connectivity index is 0.000000107. The second-order valence-electron chi connectivity index (χ2n) is 29.7. The zero-order valence-electron chi connectivity index (χ0n) is 65.2. The van der Waals surface area contributed by atoms with Crippen LogP contribution >= 0.6 is 63.7 Å². The number of fused-ring (bicyclic) bond motifs is 9. The highest BCUT2D eigenvalue weighted by atomic mass is 79.9. The Hall–Kier alpha value is -13.7. The quantitative estimate of drug-likeness (QED) is 0.128. The summed E-state index contributed by atoms with van der Waals surface area (Å²) in [5.74, 6) is 2.69. The molecule has 0 radical (unpaired) electrons. The Labute approximate surface area is 732 Å². The number of nitrogens with zero attached hydrogens (tertiary/aromatic N) is 12. The third kappa shape index (κ3) is 16.2. The molecule has 13 aromatic carbocycles. The number of aromatic nitrogens is 12. The van der Waals surface area contributed by atoms with E-state index in [1.807, 2.05) is 152 Å². The molecule has 0 unspecified atom stereocenters. The highest BCUT2D eigenvalue weighted by Gasteiger charge is 2.36. The van der Waals surface area contributed by atoms with E-state index in [4.69, 9.17) is 34.9 Å². The Morgan fingerprint density at radius 1 is 0.198 bits per heavy atom. The lowest BCUT2D eigenvalue weighted by molar-refractivity contribution is 0.660. The molecule has 0 atom stereocenters. The fourth-order valence-corrected chi connectivity index (χ4v) is 16.7. The fourth-order valence-electron chi connectivity index (χ4n) is 15.6. The van der Waals surface area contributed by atoms with Crippen molar-refractivity contribution in [1.29, 1.82) is 0 Å². The normalized spacial score (nSPS) is 11.8. The molecule has 1 aliphatic carbocycles. The maximum absolute atomic E-state index is 5.07. The number of hydrogen-bond acceptors (Lipinski definition) is 12. The fraction of sp³-hybridized carbons (Fsp3) is 0.0286. The van der Waals surface area contributed by atoms with Gasteiger partial charge < -0.3 is 0 Å². The monoisotopic (exact) mass is 1810 g/mol. The molecule has 576 valence electrons. The van der Waals surface area contributed by atoms with Crippen molar-refractivity contribution in [3.63, 3.8) is 0 Å². The van der Waals surface area contributed by atoms with Gasteiger partial charge in [-0.2, -0.15) is 0 Å². The lowest BCUT2D eigenvalue weighted by Crippen LogP contribution is -2.15. The van der Waals surface area contributed by atoms with Crippen LogP contribution in [-0.2, 0) is 5.41 Å². The molecule has 21 aromatic rings. The lowest BCUT2D eigenvalue weighted by Gasteiger charge is -2.22. The number of halogens is 4. The van der Waals surface area contributed by atoms with Crippen LogP contribution in [0.5, 0.6) is 0 Å². The van der Waals surface area contributed by atoms with E-state index < -0.39 is 0 Å². The largest absolute Gasteiger partial charge is 0.236 e. The van der Waals surface area contributed by atoms with E-state index in [2.05, 4.69) is 303 Å². The van der Waals surface area contributed by atoms with Gasteiger partial charge in [0, 0.05) is 114 Å². The van der Waals surface area contributed by atoms with Crippen molar-refractivity contribution >= 4 is 129 Å². The van der Waals surface area contributed by atoms with E-state index in [1.54, 1.807) is 24.8 Å². The van der Waals surface area contributed by atoms with E-state index >= 15 is 0 Å². The van der Waals surface area contributed by atoms with Crippen molar-refractivity contribution in [1.82, 2.24) is 59.8 Å². The average molecular weight is 1820 g/mol. The van der Waals surface area contributed by atoms with Crippen LogP contribution in [0.3, 0.4) is 0 Å². The smallest absolute Gasteiger partial charge is 0.163 e. The molecule has 0 saturated heterocycles. The molecule has 22 rings (SSSR count). The first-order valence-electron chi connectivity index (χ1n) is 39.4. The molecule has 0 N–H and O–H groups in total. The Morgan fingerprint density at radius 3 is 1.00 bits per heavy atom. The number of benzene rings is 13. The van der Waals surface area contributed by atoms with Crippen LogP contribution in [0.4, 0.5) is 0 Å². The molecule has 1 aliphatic rings. The van der Waals surface area contributed by atoms with Gasteiger partial charge in [-0.25, -0.2) is 59.8 Å². The van der Waals surface area contributed by atoms with Crippen LogP contribution in [0.2, 0.25) is 0 Å². The van der Waals surface area contributed by atoms with Crippen LogP contribution in [0, 0.1) is 0 Å². The number of pyridine rings is 4. The predicted octanol–water partition coefficient (Wildman–Crippen LogP) is 28.4. The van der Waals surface area contributed by atoms with E-state index in [9.17, 15) is 0 Å². The van der Waals surface area contributed by atoms with Crippen molar-refractivity contribution in [2.75, 3.05) is 0 Å². The molecule has 121 heavy (non-hydrogen) atoms. The molecule has 8 heterocycles. The van der Waals surface area contributed by atoms with Crippen LogP contribution in [0.1, 0.15) is 25.0 Å². The summed E-state index contributed by atoms with van der Waals surface area (Å²) in [6.45, 7) is 4.60. The number of hydrogen-bond donors (Lipinski definition) is 0. The first-order valence-corrected chi connectivity index (χ1v) is 42.5. The van der Waals surface area contributed by atoms with Gasteiger partial charge in [0.25, 0.3) is 0 Å². The van der Waals surface area contributed by atoms with E-state index in [0.717, 1.165) is 129 Å². The van der Waals surface area contributed by atoms with E-state index in [-0.39, 0.29) is 5.41 Å². The number of rotatable bonds is 10. The summed E-state index contributed by atoms with van der Waals surface area (Å²) in [5, 5.41) is 8.56. The minimum atomic E-state index is -0.0580. The summed E-state index contributed by atoms with van der Waals surface area (Å²) in [6.07, 6.45) is 7.10. The summed E-state index contributed by atoms with van der Waals surface area (Å²) in [4.78, 5) is 57.0. The molecule has 16 heteroatoms. The Bertz CT molecular complexity index is 7400. The minimum absolute atomic E-state index is 0.0580. The van der Waals surface area contributed by atoms with Gasteiger partial charge in [-0.05, 0) is 193 Å². The maximum Gasteiger partial charge on any atom is 0.163 e. The summed E-state index contributed by atoms with van der Waals surface area (Å²) in [5.41, 5.74) is 24.4. The molecule has 8 aromatic heterocycles. The van der Waals surface area contributed by atoms with Gasteiger partial charge in [0.15, 0.2) is 45.9 Å². The molecule has 12 nitrogen and oxygen atoms in total. The molecule has 0 fully saturated rings. The first kappa shape index (κ1) is 77.2. The highest BCUT2D eigenvalue weighted by Crippen LogP contribution is 2.50. The zero-order chi connectivity index (χ0) is 81.9. The molecule has 0 amide bonds. The SMILES string of the molecule is Brc1ccc(-c2nc(-c3cc(-c4ccccc4)cc(-c4ccccc4)c3)c3cccnc3n2)cc1.Brc1ccc(-c2nc(-c3ccc4ccccc4c3)c3cccnc3n2)cc1.Brc1ccc(-c2nc(-c3cccc4ccccc34)c3cccnc3n2)cc1.CC1(C)c2ccccc2-c2ccc(-c3nc(-c4ccc(Br)cc4)nc4ncccc34)cc21. The maximum atomic E-state index is 5.07. The first-order chi connectivity index (χ1) is 59.3. The van der Waals surface area contributed by atoms with Crippen molar-refractivity contribution in [2.24, 2.45) is 0 Å². The van der Waals surface area contributed by atoms with Crippen molar-refractivity contribution < 1.29 is 0 Å². The standard InChI is InChI=1S/C31H20BrN3.C28H20BrN3.2C23H14BrN3/c32-27-15-13-23(14-16-27)30-34-29(28-12-7-17-33-31(28)35-30)26-19-24(21-8-3-1-4-9-21)18-25(20-26)22-10-5-2-6-11-22;1-28(2)23-8-4-3-6-20(23)21-14-11-18(16-24(21)28)25-22-7-5-15-30-27(22)32-26(31-25)17-9-12-19(29)13-10-17;24-17-12-10-16(11-13-17)22-26-21(20-9-4-14-25-23(20)27-22)19-8-3-6-15-5-1-2-7-18(15)19;24-19-11-9-16(10-12-19)22-26-21(20-6-3-13-25-23(20)27-22)18-8-7-15-4-1-2-5-17(15)14-18/h1-20H;3-16H,1-2H3;2*1-14H. The minimum Gasteiger partial charge on any atom is -0.236 e. The van der Waals surface area contributed by atoms with Gasteiger partial charge >= 0.3 is 0 Å². The predicted molar refractivity (Wildman–Crippen MR) is 507 cm³/mol. The third-order valence-corrected chi connectivity index (χ3v) is 23.8. The zero-order valence-corrected chi connectivity index (χ0v) is 71.5.